The number of aromatic hydroxyl groups is 2. The van der Waals surface area contributed by atoms with Crippen molar-refractivity contribution in [1.29, 1.82) is 0 Å². The number of rotatable bonds is 8. The molecule has 0 aliphatic carbocycles. The van der Waals surface area contributed by atoms with Gasteiger partial charge in [0.25, 0.3) is 11.1 Å². The van der Waals surface area contributed by atoms with E-state index in [1.54, 1.807) is 25.1 Å². The van der Waals surface area contributed by atoms with Crippen LogP contribution in [0, 0.1) is 15.4 Å². The van der Waals surface area contributed by atoms with Gasteiger partial charge in [0.2, 0.25) is 11.8 Å². The molecule has 2 aromatic carbocycles. The Morgan fingerprint density at radius 1 is 0.881 bits per heavy atom. The van der Waals surface area contributed by atoms with E-state index < -0.39 is 34.6 Å². The second-order valence-electron chi connectivity index (χ2n) is 9.46. The van der Waals surface area contributed by atoms with Gasteiger partial charge in [-0.15, -0.1) is 0 Å². The van der Waals surface area contributed by atoms with Gasteiger partial charge in [-0.3, -0.25) is 27.9 Å². The van der Waals surface area contributed by atoms with Crippen molar-refractivity contribution in [1.82, 2.24) is 18.3 Å². The van der Waals surface area contributed by atoms with Crippen LogP contribution in [0.25, 0.3) is 0 Å². The fourth-order valence-electron chi connectivity index (χ4n) is 4.62. The van der Waals surface area contributed by atoms with Crippen LogP contribution in [0.4, 0.5) is 4.39 Å². The average Bonchev–Trinajstić information content (AvgIpc) is 2.96. The van der Waals surface area contributed by atoms with E-state index in [2.05, 4.69) is 0 Å². The first kappa shape index (κ1) is 31.0. The molecule has 0 fully saturated rings. The summed E-state index contributed by atoms with van der Waals surface area (Å²) in [5.74, 6) is -2.65. The average molecular weight is 635 g/mol. The maximum Gasteiger partial charge on any atom is 0.262 e. The van der Waals surface area contributed by atoms with Crippen molar-refractivity contribution in [3.8, 4) is 23.3 Å². The lowest BCUT2D eigenvalue weighted by Gasteiger charge is -2.24. The van der Waals surface area contributed by atoms with Crippen molar-refractivity contribution in [2.45, 2.75) is 19.4 Å². The summed E-state index contributed by atoms with van der Waals surface area (Å²) in [6, 6.07) is 9.01. The van der Waals surface area contributed by atoms with E-state index in [1.165, 1.54) is 55.5 Å². The Kier molecular flexibility index (Phi) is 8.95. The molecule has 222 valence electrons. The first-order valence-electron chi connectivity index (χ1n) is 12.6. The largest absolute Gasteiger partial charge is 0.494 e. The van der Waals surface area contributed by atoms with Gasteiger partial charge >= 0.3 is 0 Å². The van der Waals surface area contributed by atoms with Gasteiger partial charge < -0.3 is 19.7 Å². The van der Waals surface area contributed by atoms with Crippen LogP contribution >= 0.6 is 36.0 Å². The summed E-state index contributed by atoms with van der Waals surface area (Å²) in [5, 5.41) is 22.5. The predicted octanol–water partition coefficient (Wildman–Crippen LogP) is 4.58. The molecule has 0 aliphatic rings. The van der Waals surface area contributed by atoms with Crippen molar-refractivity contribution < 1.29 is 24.1 Å². The summed E-state index contributed by atoms with van der Waals surface area (Å²) in [7, 11) is 5.76. The van der Waals surface area contributed by atoms with Gasteiger partial charge in [0.1, 0.15) is 12.4 Å². The van der Waals surface area contributed by atoms with E-state index >= 15 is 0 Å². The van der Waals surface area contributed by atoms with Crippen molar-refractivity contribution >= 4 is 36.0 Å². The molecule has 4 rings (SSSR count). The van der Waals surface area contributed by atoms with E-state index in [0.717, 1.165) is 9.13 Å². The highest BCUT2D eigenvalue weighted by atomic mass is 35.5. The summed E-state index contributed by atoms with van der Waals surface area (Å²) < 4.78 is 30.7. The normalized spacial score (nSPS) is 11.2. The minimum atomic E-state index is -1.37. The molecule has 10 nitrogen and oxygen atoms in total. The number of nitrogens with zero attached hydrogens (tertiary/aromatic N) is 4. The number of aromatic nitrogens is 4. The molecule has 0 amide bonds. The molecule has 2 N–H and O–H groups in total. The summed E-state index contributed by atoms with van der Waals surface area (Å²) in [6.07, 6.45) is 0. The molecule has 4 aromatic rings. The van der Waals surface area contributed by atoms with E-state index in [4.69, 9.17) is 45.5 Å². The monoisotopic (exact) mass is 634 g/mol. The van der Waals surface area contributed by atoms with Crippen molar-refractivity contribution in [3.63, 3.8) is 0 Å². The van der Waals surface area contributed by atoms with Gasteiger partial charge in [-0.05, 0) is 55.1 Å². The number of hydrogen-bond donors (Lipinski definition) is 2. The second-order valence-corrected chi connectivity index (χ2v) is 10.6. The zero-order valence-electron chi connectivity index (χ0n) is 23.3. The second kappa shape index (κ2) is 12.1. The molecule has 2 heterocycles. The summed E-state index contributed by atoms with van der Waals surface area (Å²) in [6.45, 7) is 1.75. The summed E-state index contributed by atoms with van der Waals surface area (Å²) in [4.78, 5) is 27.3. The van der Waals surface area contributed by atoms with E-state index in [-0.39, 0.29) is 61.5 Å². The van der Waals surface area contributed by atoms with Crippen LogP contribution in [-0.4, -0.2) is 35.1 Å². The molecule has 0 unspecified atom stereocenters. The Bertz CT molecular complexity index is 1860. The van der Waals surface area contributed by atoms with Gasteiger partial charge in [-0.2, -0.15) is 0 Å². The Morgan fingerprint density at radius 2 is 1.40 bits per heavy atom. The number of ether oxygens (including phenoxy) is 2. The van der Waals surface area contributed by atoms with Crippen LogP contribution in [0.1, 0.15) is 35.1 Å². The maximum atomic E-state index is 14.3. The molecule has 14 heteroatoms. The maximum absolute atomic E-state index is 14.3. The summed E-state index contributed by atoms with van der Waals surface area (Å²) >= 11 is 17.3. The molecule has 0 saturated heterocycles. The van der Waals surface area contributed by atoms with Crippen LogP contribution in [0.2, 0.25) is 5.02 Å². The quantitative estimate of drug-likeness (QED) is 0.271. The van der Waals surface area contributed by atoms with Crippen LogP contribution in [0.5, 0.6) is 23.3 Å². The van der Waals surface area contributed by atoms with E-state index in [0.29, 0.717) is 0 Å². The van der Waals surface area contributed by atoms with Crippen molar-refractivity contribution in [3.05, 3.63) is 99.7 Å². The number of benzene rings is 2. The topological polar surface area (TPSA) is 113 Å². The van der Waals surface area contributed by atoms with E-state index in [1.807, 2.05) is 0 Å². The molecular formula is C28H28ClFN4O6S2. The highest BCUT2D eigenvalue weighted by molar-refractivity contribution is 7.71. The fraction of sp³-hybridized carbons (Fsp3) is 0.286. The Hall–Kier alpha value is -3.94. The van der Waals surface area contributed by atoms with Crippen LogP contribution < -0.4 is 20.6 Å². The Morgan fingerprint density at radius 3 is 1.90 bits per heavy atom. The molecule has 0 atom stereocenters. The van der Waals surface area contributed by atoms with Crippen LogP contribution in [0.3, 0.4) is 0 Å². The fourth-order valence-corrected chi connectivity index (χ4v) is 5.24. The first-order valence-corrected chi connectivity index (χ1v) is 13.8. The third kappa shape index (κ3) is 5.35. The molecule has 0 aliphatic heterocycles. The van der Waals surface area contributed by atoms with Crippen molar-refractivity contribution in [2.24, 2.45) is 28.2 Å². The standard InChI is InChI=1S/C28H28ClFN4O6S2/c1-6-39-18-12-15(11-16(29)22(18)40-13-14-9-7-8-10-17(14)30)19(20-23(35)31(2)27(41)32(3)24(20)36)21-25(37)33(4)28(42)34(5)26(21)38/h7-12,19,35,37H,6,13H2,1-5H3. The lowest BCUT2D eigenvalue weighted by Crippen LogP contribution is -2.33. The highest BCUT2D eigenvalue weighted by Crippen LogP contribution is 2.44. The molecule has 0 saturated carbocycles. The zero-order chi connectivity index (χ0) is 31.0. The molecule has 0 spiro atoms. The van der Waals surface area contributed by atoms with Gasteiger partial charge in [0.05, 0.1) is 28.7 Å². The van der Waals surface area contributed by atoms with Gasteiger partial charge in [0, 0.05) is 33.8 Å². The minimum Gasteiger partial charge on any atom is -0.494 e. The first-order chi connectivity index (χ1) is 19.8. The van der Waals surface area contributed by atoms with Crippen molar-refractivity contribution in [2.75, 3.05) is 6.61 Å². The van der Waals surface area contributed by atoms with Gasteiger partial charge in [-0.1, -0.05) is 29.8 Å². The zero-order valence-corrected chi connectivity index (χ0v) is 25.7. The van der Waals surface area contributed by atoms with Crippen LogP contribution in [-0.2, 0) is 34.8 Å². The third-order valence-corrected chi connectivity index (χ3v) is 8.28. The highest BCUT2D eigenvalue weighted by Gasteiger charge is 2.34. The SMILES string of the molecule is CCOc1cc(C(c2c(O)n(C)c(=S)n(C)c2=O)c2c(O)n(C)c(=S)n(C)c2=O)cc(Cl)c1OCc1ccccc1F. The summed E-state index contributed by atoms with van der Waals surface area (Å²) in [5.41, 5.74) is -1.43. The number of hydrogen-bond acceptors (Lipinski definition) is 8. The molecule has 42 heavy (non-hydrogen) atoms. The lowest BCUT2D eigenvalue weighted by atomic mass is 9.86. The predicted molar refractivity (Wildman–Crippen MR) is 161 cm³/mol. The molecule has 2 aromatic heterocycles. The Labute approximate surface area is 255 Å². The molecule has 0 radical (unpaired) electrons. The minimum absolute atomic E-state index is 0.0124. The lowest BCUT2D eigenvalue weighted by molar-refractivity contribution is 0.266. The van der Waals surface area contributed by atoms with Gasteiger partial charge in [-0.25, -0.2) is 4.39 Å². The van der Waals surface area contributed by atoms with Gasteiger partial charge in [0.15, 0.2) is 21.0 Å². The van der Waals surface area contributed by atoms with Crippen LogP contribution in [0.15, 0.2) is 46.0 Å². The number of halogens is 2. The third-order valence-electron chi connectivity index (χ3n) is 6.91. The Balaban J connectivity index is 2.05. The smallest absolute Gasteiger partial charge is 0.262 e. The molecule has 0 bridgehead atoms. The molecular weight excluding hydrogens is 607 g/mol. The van der Waals surface area contributed by atoms with E-state index in [9.17, 15) is 24.2 Å².